The first-order valence-corrected chi connectivity index (χ1v) is 8.27. The molecule has 0 radical (unpaired) electrons. The van der Waals surface area contributed by atoms with Crippen LogP contribution >= 0.6 is 0 Å². The van der Waals surface area contributed by atoms with Gasteiger partial charge in [0.15, 0.2) is 11.5 Å². The van der Waals surface area contributed by atoms with E-state index in [2.05, 4.69) is 15.6 Å². The van der Waals surface area contributed by atoms with Crippen LogP contribution in [0.15, 0.2) is 36.7 Å². The molecule has 2 aromatic rings. The maximum Gasteiger partial charge on any atom is 0.257 e. The number of ether oxygens (including phenoxy) is 2. The van der Waals surface area contributed by atoms with E-state index in [0.29, 0.717) is 22.7 Å². The minimum atomic E-state index is -0.372. The van der Waals surface area contributed by atoms with Gasteiger partial charge in [-0.25, -0.2) is 0 Å². The molecule has 2 N–H and O–H groups in total. The number of carbonyl (C=O) groups is 2. The zero-order valence-electron chi connectivity index (χ0n) is 15.3. The van der Waals surface area contributed by atoms with Crippen molar-refractivity contribution in [2.75, 3.05) is 19.5 Å². The van der Waals surface area contributed by atoms with E-state index in [1.165, 1.54) is 32.7 Å². The van der Waals surface area contributed by atoms with E-state index in [0.717, 1.165) is 6.42 Å². The van der Waals surface area contributed by atoms with Crippen LogP contribution in [0.25, 0.3) is 0 Å². The highest BCUT2D eigenvalue weighted by Crippen LogP contribution is 2.29. The quantitative estimate of drug-likeness (QED) is 0.795. The molecule has 0 fully saturated rings. The van der Waals surface area contributed by atoms with Crippen molar-refractivity contribution in [1.82, 2.24) is 10.3 Å². The standard InChI is InChI=1S/C19H23N3O4/c1-5-12(2)21-18(23)13-8-14(11-20-10-13)19(24)22-15-6-7-16(25-3)17(9-15)26-4/h6-12H,5H2,1-4H3,(H,21,23)(H,22,24). The molecule has 7 nitrogen and oxygen atoms in total. The third-order valence-corrected chi connectivity index (χ3v) is 3.89. The zero-order valence-corrected chi connectivity index (χ0v) is 15.3. The molecule has 138 valence electrons. The Balaban J connectivity index is 2.15. The van der Waals surface area contributed by atoms with Crippen molar-refractivity contribution in [3.63, 3.8) is 0 Å². The number of hydrogen-bond donors (Lipinski definition) is 2. The Morgan fingerprint density at radius 2 is 1.69 bits per heavy atom. The fourth-order valence-corrected chi connectivity index (χ4v) is 2.21. The van der Waals surface area contributed by atoms with Gasteiger partial charge in [0, 0.05) is 30.2 Å². The number of aromatic nitrogens is 1. The van der Waals surface area contributed by atoms with E-state index >= 15 is 0 Å². The molecule has 0 aliphatic heterocycles. The minimum absolute atomic E-state index is 0.0479. The molecule has 0 aliphatic rings. The molecule has 0 bridgehead atoms. The van der Waals surface area contributed by atoms with Crippen molar-refractivity contribution >= 4 is 17.5 Å². The Hall–Kier alpha value is -3.09. The maximum absolute atomic E-state index is 12.5. The second kappa shape index (κ2) is 8.84. The average molecular weight is 357 g/mol. The Bertz CT molecular complexity index is 792. The number of benzene rings is 1. The van der Waals surface area contributed by atoms with Crippen LogP contribution in [0.2, 0.25) is 0 Å². The van der Waals surface area contributed by atoms with Gasteiger partial charge < -0.3 is 20.1 Å². The summed E-state index contributed by atoms with van der Waals surface area (Å²) in [6.07, 6.45) is 3.67. The Labute approximate surface area is 152 Å². The van der Waals surface area contributed by atoms with Crippen LogP contribution in [0.4, 0.5) is 5.69 Å². The first kappa shape index (κ1) is 19.2. The molecule has 2 rings (SSSR count). The van der Waals surface area contributed by atoms with Crippen molar-refractivity contribution in [3.05, 3.63) is 47.8 Å². The summed E-state index contributed by atoms with van der Waals surface area (Å²) in [6, 6.07) is 6.62. The summed E-state index contributed by atoms with van der Waals surface area (Å²) in [6.45, 7) is 3.90. The topological polar surface area (TPSA) is 89.6 Å². The number of nitrogens with zero attached hydrogens (tertiary/aromatic N) is 1. The lowest BCUT2D eigenvalue weighted by atomic mass is 10.1. The smallest absolute Gasteiger partial charge is 0.257 e. The van der Waals surface area contributed by atoms with E-state index in [1.54, 1.807) is 18.2 Å². The molecule has 7 heteroatoms. The molecule has 1 aromatic heterocycles. The first-order valence-electron chi connectivity index (χ1n) is 8.27. The van der Waals surface area contributed by atoms with Crippen LogP contribution in [-0.2, 0) is 0 Å². The summed E-state index contributed by atoms with van der Waals surface area (Å²) in [5.74, 6) is 0.441. The SMILES string of the molecule is CCC(C)NC(=O)c1cncc(C(=O)Nc2ccc(OC)c(OC)c2)c1. The summed E-state index contributed by atoms with van der Waals surface area (Å²) in [5, 5.41) is 5.60. The summed E-state index contributed by atoms with van der Waals surface area (Å²) in [4.78, 5) is 28.7. The Morgan fingerprint density at radius 1 is 1.04 bits per heavy atom. The summed E-state index contributed by atoms with van der Waals surface area (Å²) >= 11 is 0. The van der Waals surface area contributed by atoms with Gasteiger partial charge in [-0.15, -0.1) is 0 Å². The van der Waals surface area contributed by atoms with Gasteiger partial charge in [-0.1, -0.05) is 6.92 Å². The fraction of sp³-hybridized carbons (Fsp3) is 0.316. The maximum atomic E-state index is 12.5. The molecule has 1 aromatic carbocycles. The lowest BCUT2D eigenvalue weighted by Gasteiger charge is -2.12. The molecule has 26 heavy (non-hydrogen) atoms. The molecular weight excluding hydrogens is 334 g/mol. The van der Waals surface area contributed by atoms with Crippen molar-refractivity contribution in [1.29, 1.82) is 0 Å². The number of anilines is 1. The molecule has 1 unspecified atom stereocenters. The number of amides is 2. The fourth-order valence-electron chi connectivity index (χ4n) is 2.21. The van der Waals surface area contributed by atoms with Gasteiger partial charge in [-0.05, 0) is 31.5 Å². The van der Waals surface area contributed by atoms with E-state index in [9.17, 15) is 9.59 Å². The van der Waals surface area contributed by atoms with Gasteiger partial charge in [0.1, 0.15) is 0 Å². The number of nitrogens with one attached hydrogen (secondary N) is 2. The van der Waals surface area contributed by atoms with Crippen LogP contribution in [0.5, 0.6) is 11.5 Å². The molecule has 1 atom stereocenters. The molecular formula is C19H23N3O4. The second-order valence-corrected chi connectivity index (χ2v) is 5.77. The van der Waals surface area contributed by atoms with Gasteiger partial charge in [0.2, 0.25) is 0 Å². The van der Waals surface area contributed by atoms with Crippen molar-refractivity contribution in [2.24, 2.45) is 0 Å². The van der Waals surface area contributed by atoms with E-state index in [1.807, 2.05) is 13.8 Å². The largest absolute Gasteiger partial charge is 0.493 e. The van der Waals surface area contributed by atoms with Crippen molar-refractivity contribution in [2.45, 2.75) is 26.3 Å². The number of hydrogen-bond acceptors (Lipinski definition) is 5. The van der Waals surface area contributed by atoms with E-state index < -0.39 is 0 Å². The van der Waals surface area contributed by atoms with Gasteiger partial charge in [-0.2, -0.15) is 0 Å². The van der Waals surface area contributed by atoms with Crippen molar-refractivity contribution in [3.8, 4) is 11.5 Å². The van der Waals surface area contributed by atoms with Crippen LogP contribution < -0.4 is 20.1 Å². The zero-order chi connectivity index (χ0) is 19.1. The minimum Gasteiger partial charge on any atom is -0.493 e. The highest BCUT2D eigenvalue weighted by atomic mass is 16.5. The lowest BCUT2D eigenvalue weighted by Crippen LogP contribution is -2.32. The van der Waals surface area contributed by atoms with Crippen LogP contribution in [0.1, 0.15) is 41.0 Å². The van der Waals surface area contributed by atoms with Gasteiger partial charge in [-0.3, -0.25) is 14.6 Å². The first-order chi connectivity index (χ1) is 12.5. The monoisotopic (exact) mass is 357 g/mol. The third-order valence-electron chi connectivity index (χ3n) is 3.89. The predicted octanol–water partition coefficient (Wildman–Crippen LogP) is 2.88. The van der Waals surface area contributed by atoms with E-state index in [4.69, 9.17) is 9.47 Å². The highest BCUT2D eigenvalue weighted by Gasteiger charge is 2.14. The summed E-state index contributed by atoms with van der Waals surface area (Å²) < 4.78 is 10.4. The molecule has 0 saturated heterocycles. The molecule has 1 heterocycles. The van der Waals surface area contributed by atoms with Crippen LogP contribution in [0.3, 0.4) is 0 Å². The van der Waals surface area contributed by atoms with E-state index in [-0.39, 0.29) is 23.4 Å². The summed E-state index contributed by atoms with van der Waals surface area (Å²) in [5.41, 5.74) is 1.17. The number of methoxy groups -OCH3 is 2. The summed E-state index contributed by atoms with van der Waals surface area (Å²) in [7, 11) is 3.06. The highest BCUT2D eigenvalue weighted by molar-refractivity contribution is 6.06. The number of carbonyl (C=O) groups excluding carboxylic acids is 2. The van der Waals surface area contributed by atoms with Gasteiger partial charge in [0.25, 0.3) is 11.8 Å². The normalized spacial score (nSPS) is 11.4. The molecule has 0 aliphatic carbocycles. The number of rotatable bonds is 7. The van der Waals surface area contributed by atoms with Gasteiger partial charge >= 0.3 is 0 Å². The second-order valence-electron chi connectivity index (χ2n) is 5.77. The molecule has 2 amide bonds. The van der Waals surface area contributed by atoms with Crippen molar-refractivity contribution < 1.29 is 19.1 Å². The Kier molecular flexibility index (Phi) is 6.54. The van der Waals surface area contributed by atoms with Crippen LogP contribution in [0, 0.1) is 0 Å². The average Bonchev–Trinajstić information content (AvgIpc) is 2.67. The van der Waals surface area contributed by atoms with Gasteiger partial charge in [0.05, 0.1) is 25.3 Å². The lowest BCUT2D eigenvalue weighted by molar-refractivity contribution is 0.0939. The molecule has 0 saturated carbocycles. The predicted molar refractivity (Wildman–Crippen MR) is 99.0 cm³/mol. The van der Waals surface area contributed by atoms with Crippen LogP contribution in [-0.4, -0.2) is 37.1 Å². The molecule has 0 spiro atoms. The third kappa shape index (κ3) is 4.72. The number of pyridine rings is 1. The Morgan fingerprint density at radius 3 is 2.31 bits per heavy atom.